The fourth-order valence-electron chi connectivity index (χ4n) is 0.892. The lowest BCUT2D eigenvalue weighted by Gasteiger charge is -2.08. The molecule has 2 heteroatoms. The summed E-state index contributed by atoms with van der Waals surface area (Å²) in [4.78, 5) is 11.1. The van der Waals surface area contributed by atoms with Gasteiger partial charge in [-0.25, -0.2) is 0 Å². The van der Waals surface area contributed by atoms with Crippen molar-refractivity contribution in [2.24, 2.45) is 5.92 Å². The summed E-state index contributed by atoms with van der Waals surface area (Å²) >= 11 is 0. The molecule has 1 atom stereocenters. The first-order chi connectivity index (χ1) is 5.26. The van der Waals surface area contributed by atoms with E-state index in [-0.39, 0.29) is 11.9 Å². The molecule has 0 aliphatic rings. The molecule has 2 nitrogen and oxygen atoms in total. The molecule has 64 valence electrons. The Morgan fingerprint density at radius 3 is 2.64 bits per heavy atom. The summed E-state index contributed by atoms with van der Waals surface area (Å²) in [6.07, 6.45) is 3.47. The van der Waals surface area contributed by atoms with Gasteiger partial charge in [0.15, 0.2) is 0 Å². The van der Waals surface area contributed by atoms with Crippen molar-refractivity contribution in [3.63, 3.8) is 0 Å². The van der Waals surface area contributed by atoms with Crippen molar-refractivity contribution >= 4 is 5.97 Å². The van der Waals surface area contributed by atoms with Crippen LogP contribution in [0.25, 0.3) is 0 Å². The van der Waals surface area contributed by atoms with Crippen molar-refractivity contribution in [2.75, 3.05) is 6.61 Å². The summed E-state index contributed by atoms with van der Waals surface area (Å²) in [7, 11) is 0. The fourth-order valence-corrected chi connectivity index (χ4v) is 0.892. The Morgan fingerprint density at radius 1 is 1.64 bits per heavy atom. The quantitative estimate of drug-likeness (QED) is 0.450. The van der Waals surface area contributed by atoms with Crippen LogP contribution in [0.1, 0.15) is 26.7 Å². The zero-order valence-corrected chi connectivity index (χ0v) is 7.30. The van der Waals surface area contributed by atoms with E-state index in [1.54, 1.807) is 6.08 Å². The number of hydrogen-bond donors (Lipinski definition) is 0. The Balaban J connectivity index is 3.81. The van der Waals surface area contributed by atoms with Crippen LogP contribution in [0.5, 0.6) is 0 Å². The maximum absolute atomic E-state index is 11.1. The van der Waals surface area contributed by atoms with Gasteiger partial charge in [-0.3, -0.25) is 4.79 Å². The van der Waals surface area contributed by atoms with E-state index < -0.39 is 0 Å². The Kier molecular flexibility index (Phi) is 5.53. The van der Waals surface area contributed by atoms with Crippen LogP contribution in [0.15, 0.2) is 12.7 Å². The molecule has 0 saturated heterocycles. The van der Waals surface area contributed by atoms with Gasteiger partial charge in [-0.2, -0.15) is 0 Å². The summed E-state index contributed by atoms with van der Waals surface area (Å²) in [6, 6.07) is 0. The van der Waals surface area contributed by atoms with Gasteiger partial charge in [0.2, 0.25) is 0 Å². The van der Waals surface area contributed by atoms with Crippen molar-refractivity contribution in [3.05, 3.63) is 12.7 Å². The molecule has 0 saturated carbocycles. The average molecular weight is 156 g/mol. The Bertz CT molecular complexity index is 130. The first-order valence-electron chi connectivity index (χ1n) is 4.05. The van der Waals surface area contributed by atoms with E-state index >= 15 is 0 Å². The summed E-state index contributed by atoms with van der Waals surface area (Å²) in [5.74, 6) is -0.260. The monoisotopic (exact) mass is 156 g/mol. The molecule has 0 heterocycles. The first kappa shape index (κ1) is 10.2. The third-order valence-electron chi connectivity index (χ3n) is 1.47. The largest absolute Gasteiger partial charge is 0.466 e. The van der Waals surface area contributed by atoms with Gasteiger partial charge < -0.3 is 4.74 Å². The lowest BCUT2D eigenvalue weighted by atomic mass is 10.0. The van der Waals surface area contributed by atoms with Gasteiger partial charge in [-0.1, -0.05) is 19.4 Å². The number of hydrogen-bond acceptors (Lipinski definition) is 2. The number of carbonyl (C=O) groups is 1. The highest BCUT2D eigenvalue weighted by Crippen LogP contribution is 2.08. The van der Waals surface area contributed by atoms with Crippen molar-refractivity contribution in [1.29, 1.82) is 0 Å². The predicted octanol–water partition coefficient (Wildman–Crippen LogP) is 2.15. The van der Waals surface area contributed by atoms with Crippen LogP contribution < -0.4 is 0 Å². The molecule has 0 aromatic heterocycles. The number of esters is 1. The van der Waals surface area contributed by atoms with E-state index in [0.717, 1.165) is 12.8 Å². The molecule has 0 radical (unpaired) electrons. The molecule has 0 N–H and O–H groups in total. The highest BCUT2D eigenvalue weighted by Gasteiger charge is 2.13. The van der Waals surface area contributed by atoms with E-state index in [9.17, 15) is 4.79 Å². The number of rotatable bonds is 5. The first-order valence-corrected chi connectivity index (χ1v) is 4.05. The van der Waals surface area contributed by atoms with E-state index in [1.807, 2.05) is 13.8 Å². The summed E-state index contributed by atoms with van der Waals surface area (Å²) in [5.41, 5.74) is 0. The van der Waals surface area contributed by atoms with E-state index in [2.05, 4.69) is 6.58 Å². The van der Waals surface area contributed by atoms with Crippen LogP contribution in [0, 0.1) is 5.92 Å². The topological polar surface area (TPSA) is 26.3 Å². The van der Waals surface area contributed by atoms with Crippen molar-refractivity contribution in [2.45, 2.75) is 26.7 Å². The second kappa shape index (κ2) is 5.96. The van der Waals surface area contributed by atoms with Crippen LogP contribution >= 0.6 is 0 Å². The molecule has 0 amide bonds. The Labute approximate surface area is 68.2 Å². The maximum atomic E-state index is 11.1. The highest BCUT2D eigenvalue weighted by atomic mass is 16.5. The van der Waals surface area contributed by atoms with Crippen LogP contribution in [0.2, 0.25) is 0 Å². The molecule has 0 aromatic rings. The molecule has 0 aliphatic heterocycles. The fraction of sp³-hybridized carbons (Fsp3) is 0.667. The minimum Gasteiger partial charge on any atom is -0.466 e. The predicted molar refractivity (Wildman–Crippen MR) is 45.2 cm³/mol. The van der Waals surface area contributed by atoms with Crippen LogP contribution in [0.3, 0.4) is 0 Å². The SMILES string of the molecule is C=CC(CCC)C(=O)OCC. The summed E-state index contributed by atoms with van der Waals surface area (Å²) in [6.45, 7) is 7.88. The average Bonchev–Trinajstić information content (AvgIpc) is 2.00. The Hall–Kier alpha value is -0.790. The van der Waals surface area contributed by atoms with Gasteiger partial charge in [-0.05, 0) is 13.3 Å². The smallest absolute Gasteiger partial charge is 0.312 e. The lowest BCUT2D eigenvalue weighted by Crippen LogP contribution is -2.15. The second-order valence-electron chi connectivity index (χ2n) is 2.38. The summed E-state index contributed by atoms with van der Waals surface area (Å²) in [5, 5.41) is 0. The maximum Gasteiger partial charge on any atom is 0.312 e. The van der Waals surface area contributed by atoms with E-state index in [0.29, 0.717) is 6.61 Å². The Morgan fingerprint density at radius 2 is 2.27 bits per heavy atom. The third-order valence-corrected chi connectivity index (χ3v) is 1.47. The lowest BCUT2D eigenvalue weighted by molar-refractivity contribution is -0.146. The molecule has 0 rings (SSSR count). The van der Waals surface area contributed by atoms with Crippen molar-refractivity contribution in [1.82, 2.24) is 0 Å². The zero-order chi connectivity index (χ0) is 8.69. The van der Waals surface area contributed by atoms with Gasteiger partial charge in [-0.15, -0.1) is 6.58 Å². The van der Waals surface area contributed by atoms with Gasteiger partial charge in [0, 0.05) is 0 Å². The van der Waals surface area contributed by atoms with Crippen molar-refractivity contribution in [3.8, 4) is 0 Å². The van der Waals surface area contributed by atoms with Gasteiger partial charge in [0.1, 0.15) is 0 Å². The van der Waals surface area contributed by atoms with E-state index in [4.69, 9.17) is 4.74 Å². The third kappa shape index (κ3) is 3.81. The standard InChI is InChI=1S/C9H16O2/c1-4-7-8(5-2)9(10)11-6-3/h5,8H,2,4,6-7H2,1,3H3. The molecule has 0 aliphatic carbocycles. The van der Waals surface area contributed by atoms with Gasteiger partial charge in [0.05, 0.1) is 12.5 Å². The molecule has 0 fully saturated rings. The number of ether oxygens (including phenoxy) is 1. The van der Waals surface area contributed by atoms with Crippen LogP contribution in [-0.2, 0) is 9.53 Å². The molecular formula is C9H16O2. The highest BCUT2D eigenvalue weighted by molar-refractivity contribution is 5.74. The number of carbonyl (C=O) groups excluding carboxylic acids is 1. The minimum atomic E-state index is -0.149. The van der Waals surface area contributed by atoms with Crippen LogP contribution in [0.4, 0.5) is 0 Å². The molecule has 0 aromatic carbocycles. The van der Waals surface area contributed by atoms with Gasteiger partial charge in [0.25, 0.3) is 0 Å². The van der Waals surface area contributed by atoms with Crippen molar-refractivity contribution < 1.29 is 9.53 Å². The second-order valence-corrected chi connectivity index (χ2v) is 2.38. The molecule has 0 spiro atoms. The van der Waals surface area contributed by atoms with Crippen LogP contribution in [-0.4, -0.2) is 12.6 Å². The molecular weight excluding hydrogens is 140 g/mol. The molecule has 11 heavy (non-hydrogen) atoms. The minimum absolute atomic E-state index is 0.111. The zero-order valence-electron chi connectivity index (χ0n) is 7.30. The van der Waals surface area contributed by atoms with Gasteiger partial charge >= 0.3 is 5.97 Å². The normalized spacial score (nSPS) is 12.2. The summed E-state index contributed by atoms with van der Waals surface area (Å²) < 4.78 is 4.84. The van der Waals surface area contributed by atoms with E-state index in [1.165, 1.54) is 0 Å². The molecule has 0 bridgehead atoms. The molecule has 1 unspecified atom stereocenters.